The van der Waals surface area contributed by atoms with Gasteiger partial charge in [0.1, 0.15) is 6.54 Å². The molecule has 0 saturated carbocycles. The highest BCUT2D eigenvalue weighted by Crippen LogP contribution is 2.18. The van der Waals surface area contributed by atoms with Crippen LogP contribution in [0.1, 0.15) is 26.6 Å². The number of carboxylic acid groups (broad SMARTS) is 1. The summed E-state index contributed by atoms with van der Waals surface area (Å²) in [6.45, 7) is 5.04. The number of carboxylic acids is 1. The van der Waals surface area contributed by atoms with Gasteiger partial charge in [0, 0.05) is 5.41 Å². The van der Waals surface area contributed by atoms with Gasteiger partial charge in [0.15, 0.2) is 5.82 Å². The predicted octanol–water partition coefficient (Wildman–Crippen LogP) is 0.218. The molecule has 1 aromatic heterocycles. The fraction of sp³-hybridized carbons (Fsp3) is 0.625. The lowest BCUT2D eigenvalue weighted by Crippen LogP contribution is -2.27. The summed E-state index contributed by atoms with van der Waals surface area (Å²) >= 11 is 0. The Morgan fingerprint density at radius 1 is 1.57 bits per heavy atom. The van der Waals surface area contributed by atoms with Crippen LogP contribution in [0.25, 0.3) is 0 Å². The maximum atomic E-state index is 11.1. The van der Waals surface area contributed by atoms with E-state index in [9.17, 15) is 9.59 Å². The van der Waals surface area contributed by atoms with Crippen molar-refractivity contribution in [3.05, 3.63) is 16.4 Å². The van der Waals surface area contributed by atoms with Crippen LogP contribution >= 0.6 is 0 Å². The summed E-state index contributed by atoms with van der Waals surface area (Å²) in [7, 11) is 0. The molecule has 0 amide bonds. The Morgan fingerprint density at radius 3 is 2.57 bits per heavy atom. The maximum absolute atomic E-state index is 11.1. The first-order chi connectivity index (χ1) is 6.32. The molecule has 0 spiro atoms. The van der Waals surface area contributed by atoms with Gasteiger partial charge in [-0.1, -0.05) is 25.9 Å². The van der Waals surface area contributed by atoms with Crippen molar-refractivity contribution < 1.29 is 14.4 Å². The second kappa shape index (κ2) is 3.28. The normalized spacial score (nSPS) is 11.6. The quantitative estimate of drug-likeness (QED) is 0.738. The molecule has 14 heavy (non-hydrogen) atoms. The van der Waals surface area contributed by atoms with E-state index in [0.717, 1.165) is 4.57 Å². The zero-order valence-electron chi connectivity index (χ0n) is 8.27. The van der Waals surface area contributed by atoms with Crippen molar-refractivity contribution >= 4 is 5.97 Å². The number of aromatic nitrogens is 2. The molecule has 0 aliphatic heterocycles. The molecule has 0 atom stereocenters. The molecule has 6 nitrogen and oxygen atoms in total. The summed E-state index contributed by atoms with van der Waals surface area (Å²) in [6.07, 6.45) is 0. The van der Waals surface area contributed by atoms with Crippen LogP contribution in [0.3, 0.4) is 0 Å². The van der Waals surface area contributed by atoms with Crippen LogP contribution in [-0.4, -0.2) is 20.8 Å². The number of hydrogen-bond acceptors (Lipinski definition) is 4. The highest BCUT2D eigenvalue weighted by Gasteiger charge is 2.24. The second-order valence-electron chi connectivity index (χ2n) is 4.00. The average molecular weight is 200 g/mol. The van der Waals surface area contributed by atoms with Crippen molar-refractivity contribution in [1.82, 2.24) is 9.72 Å². The highest BCUT2D eigenvalue weighted by molar-refractivity contribution is 5.66. The van der Waals surface area contributed by atoms with E-state index in [0.29, 0.717) is 5.82 Å². The maximum Gasteiger partial charge on any atom is 0.442 e. The minimum Gasteiger partial charge on any atom is -0.480 e. The molecule has 0 fully saturated rings. The zero-order valence-corrected chi connectivity index (χ0v) is 8.27. The van der Waals surface area contributed by atoms with Gasteiger partial charge in [0.2, 0.25) is 0 Å². The van der Waals surface area contributed by atoms with Crippen molar-refractivity contribution in [2.45, 2.75) is 32.7 Å². The molecule has 1 aromatic rings. The molecule has 0 unspecified atom stereocenters. The first kappa shape index (κ1) is 10.5. The number of rotatable bonds is 2. The summed E-state index contributed by atoms with van der Waals surface area (Å²) in [5.41, 5.74) is -0.415. The molecule has 1 rings (SSSR count). The third kappa shape index (κ3) is 2.01. The molecule has 6 heteroatoms. The molecule has 0 aliphatic carbocycles. The first-order valence-corrected chi connectivity index (χ1v) is 4.11. The topological polar surface area (TPSA) is 85.3 Å². The molecular weight excluding hydrogens is 188 g/mol. The van der Waals surface area contributed by atoms with E-state index in [1.54, 1.807) is 0 Å². The van der Waals surface area contributed by atoms with Gasteiger partial charge in [0.25, 0.3) is 0 Å². The first-order valence-electron chi connectivity index (χ1n) is 4.11. The van der Waals surface area contributed by atoms with Crippen LogP contribution < -0.4 is 5.76 Å². The van der Waals surface area contributed by atoms with Crippen LogP contribution in [-0.2, 0) is 16.8 Å². The molecule has 78 valence electrons. The van der Waals surface area contributed by atoms with Gasteiger partial charge < -0.3 is 5.11 Å². The number of nitrogens with zero attached hydrogens (tertiary/aromatic N) is 2. The van der Waals surface area contributed by atoms with E-state index in [4.69, 9.17) is 5.11 Å². The van der Waals surface area contributed by atoms with E-state index in [-0.39, 0.29) is 0 Å². The van der Waals surface area contributed by atoms with Gasteiger partial charge in [-0.3, -0.25) is 9.32 Å². The number of carbonyl (C=O) groups is 1. The van der Waals surface area contributed by atoms with Crippen LogP contribution in [0.4, 0.5) is 0 Å². The SMILES string of the molecule is CC(C)(C)c1noc(=O)n1CC(=O)O. The molecule has 0 aliphatic rings. The van der Waals surface area contributed by atoms with Crippen molar-refractivity contribution in [2.75, 3.05) is 0 Å². The summed E-state index contributed by atoms with van der Waals surface area (Å²) in [5.74, 6) is -1.50. The van der Waals surface area contributed by atoms with E-state index in [1.165, 1.54) is 0 Å². The Labute approximate surface area is 80.1 Å². The molecule has 0 radical (unpaired) electrons. The second-order valence-corrected chi connectivity index (χ2v) is 4.00. The van der Waals surface area contributed by atoms with Gasteiger partial charge in [-0.2, -0.15) is 0 Å². The Bertz CT molecular complexity index is 396. The summed E-state index contributed by atoms with van der Waals surface area (Å²) in [4.78, 5) is 21.6. The monoisotopic (exact) mass is 200 g/mol. The highest BCUT2D eigenvalue weighted by atomic mass is 16.5. The summed E-state index contributed by atoms with van der Waals surface area (Å²) in [5, 5.41) is 12.1. The minimum atomic E-state index is -1.10. The van der Waals surface area contributed by atoms with E-state index < -0.39 is 23.7 Å². The van der Waals surface area contributed by atoms with E-state index >= 15 is 0 Å². The third-order valence-corrected chi connectivity index (χ3v) is 1.65. The van der Waals surface area contributed by atoms with Gasteiger partial charge in [-0.15, -0.1) is 0 Å². The van der Waals surface area contributed by atoms with Gasteiger partial charge in [-0.25, -0.2) is 9.36 Å². The fourth-order valence-electron chi connectivity index (χ4n) is 1.08. The average Bonchev–Trinajstić information content (AvgIpc) is 2.30. The lowest BCUT2D eigenvalue weighted by molar-refractivity contribution is -0.137. The van der Waals surface area contributed by atoms with Gasteiger partial charge in [-0.05, 0) is 0 Å². The van der Waals surface area contributed by atoms with Gasteiger partial charge in [0.05, 0.1) is 0 Å². The molecule has 1 heterocycles. The van der Waals surface area contributed by atoms with Crippen LogP contribution in [0, 0.1) is 0 Å². The van der Waals surface area contributed by atoms with Gasteiger partial charge >= 0.3 is 11.7 Å². The van der Waals surface area contributed by atoms with E-state index in [2.05, 4.69) is 9.68 Å². The van der Waals surface area contributed by atoms with Crippen molar-refractivity contribution in [1.29, 1.82) is 0 Å². The predicted molar refractivity (Wildman–Crippen MR) is 47.1 cm³/mol. The Morgan fingerprint density at radius 2 is 2.14 bits per heavy atom. The summed E-state index contributed by atoms with van der Waals surface area (Å²) < 4.78 is 5.43. The Hall–Kier alpha value is -1.59. The largest absolute Gasteiger partial charge is 0.480 e. The van der Waals surface area contributed by atoms with Crippen LogP contribution in [0.15, 0.2) is 9.32 Å². The molecule has 0 bridgehead atoms. The lowest BCUT2D eigenvalue weighted by atomic mass is 9.96. The van der Waals surface area contributed by atoms with Crippen molar-refractivity contribution in [3.8, 4) is 0 Å². The molecule has 0 aromatic carbocycles. The lowest BCUT2D eigenvalue weighted by Gasteiger charge is -2.15. The van der Waals surface area contributed by atoms with E-state index in [1.807, 2.05) is 20.8 Å². The molecule has 0 saturated heterocycles. The molecular formula is C8H12N2O4. The third-order valence-electron chi connectivity index (χ3n) is 1.65. The minimum absolute atomic E-state index is 0.338. The van der Waals surface area contributed by atoms with Crippen molar-refractivity contribution in [3.63, 3.8) is 0 Å². The molecule has 1 N–H and O–H groups in total. The van der Waals surface area contributed by atoms with Crippen molar-refractivity contribution in [2.24, 2.45) is 0 Å². The summed E-state index contributed by atoms with van der Waals surface area (Å²) in [6, 6.07) is 0. The van der Waals surface area contributed by atoms with Crippen LogP contribution in [0.5, 0.6) is 0 Å². The number of hydrogen-bond donors (Lipinski definition) is 1. The van der Waals surface area contributed by atoms with Crippen LogP contribution in [0.2, 0.25) is 0 Å². The zero-order chi connectivity index (χ0) is 10.9. The standard InChI is InChI=1S/C8H12N2O4/c1-8(2,3)6-9-14-7(13)10(6)4-5(11)12/h4H2,1-3H3,(H,11,12). The number of aliphatic carboxylic acids is 1. The Kier molecular flexibility index (Phi) is 2.46. The Balaban J connectivity index is 3.20. The smallest absolute Gasteiger partial charge is 0.442 e. The fourth-order valence-corrected chi connectivity index (χ4v) is 1.08.